The molecule has 2 N–H and O–H groups in total. The summed E-state index contributed by atoms with van der Waals surface area (Å²) in [6.07, 6.45) is 9.85. The number of halogens is 1. The zero-order valence-corrected chi connectivity index (χ0v) is 23.2. The second-order valence-electron chi connectivity index (χ2n) is 8.89. The third kappa shape index (κ3) is 7.82. The van der Waals surface area contributed by atoms with Crippen molar-refractivity contribution in [2.24, 2.45) is 0 Å². The van der Waals surface area contributed by atoms with E-state index in [4.69, 9.17) is 21.1 Å². The number of carbonyl (C=O) groups is 2. The number of ether oxygens (including phenoxy) is 2. The van der Waals surface area contributed by atoms with Crippen molar-refractivity contribution in [3.63, 3.8) is 0 Å². The van der Waals surface area contributed by atoms with Crippen LogP contribution in [0, 0.1) is 0 Å². The zero-order valence-electron chi connectivity index (χ0n) is 21.6. The van der Waals surface area contributed by atoms with E-state index in [1.54, 1.807) is 30.3 Å². The molecule has 0 aromatic heterocycles. The number of hydrogen-bond acceptors (Lipinski definition) is 6. The molecule has 1 aliphatic rings. The van der Waals surface area contributed by atoms with Crippen LogP contribution in [-0.2, 0) is 9.59 Å². The average molecular weight is 547 g/mol. The molecule has 2 aromatic carbocycles. The lowest BCUT2D eigenvalue weighted by atomic mass is 10.1. The molecule has 1 atom stereocenters. The third-order valence-electron chi connectivity index (χ3n) is 6.11. The van der Waals surface area contributed by atoms with E-state index in [0.29, 0.717) is 21.9 Å². The molecular formula is C28H35ClN2O5S. The van der Waals surface area contributed by atoms with Gasteiger partial charge in [-0.2, -0.15) is 0 Å². The second-order valence-corrected chi connectivity index (χ2v) is 10.4. The minimum atomic E-state index is -0.449. The molecule has 9 heteroatoms. The van der Waals surface area contributed by atoms with E-state index >= 15 is 0 Å². The molecule has 200 valence electrons. The van der Waals surface area contributed by atoms with Gasteiger partial charge in [-0.05, 0) is 47.9 Å². The Hall–Kier alpha value is -2.84. The fraction of sp³-hybridized carbons (Fsp3) is 0.429. The lowest BCUT2D eigenvalue weighted by Gasteiger charge is -2.24. The van der Waals surface area contributed by atoms with Gasteiger partial charge in [0.15, 0.2) is 11.5 Å². The number of unbranched alkanes of at least 4 members (excludes halogenated alkanes) is 6. The summed E-state index contributed by atoms with van der Waals surface area (Å²) in [7, 11) is 2.89. The van der Waals surface area contributed by atoms with E-state index in [-0.39, 0.29) is 29.1 Å². The largest absolute Gasteiger partial charge is 0.502 e. The van der Waals surface area contributed by atoms with Crippen LogP contribution in [0.2, 0.25) is 5.02 Å². The summed E-state index contributed by atoms with van der Waals surface area (Å²) in [6.45, 7) is 2.19. The minimum Gasteiger partial charge on any atom is -0.502 e. The summed E-state index contributed by atoms with van der Waals surface area (Å²) in [4.78, 5) is 26.6. The van der Waals surface area contributed by atoms with Gasteiger partial charge in [-0.3, -0.25) is 15.0 Å². The highest BCUT2D eigenvalue weighted by molar-refractivity contribution is 8.04. The van der Waals surface area contributed by atoms with Crippen LogP contribution in [-0.4, -0.2) is 36.1 Å². The first-order chi connectivity index (χ1) is 17.9. The Labute approximate surface area is 228 Å². The molecule has 1 saturated heterocycles. The summed E-state index contributed by atoms with van der Waals surface area (Å²) in [5.74, 6) is -0.151. The van der Waals surface area contributed by atoms with Gasteiger partial charge in [0, 0.05) is 11.4 Å². The lowest BCUT2D eigenvalue weighted by Crippen LogP contribution is -2.44. The maximum Gasteiger partial charge on any atom is 0.280 e. The number of thioether (sulfide) groups is 1. The van der Waals surface area contributed by atoms with Gasteiger partial charge >= 0.3 is 0 Å². The number of rotatable bonds is 13. The molecule has 7 nitrogen and oxygen atoms in total. The molecule has 1 aliphatic heterocycles. The van der Waals surface area contributed by atoms with Crippen LogP contribution in [0.1, 0.15) is 74.8 Å². The van der Waals surface area contributed by atoms with Gasteiger partial charge in [-0.1, -0.05) is 80.9 Å². The highest BCUT2D eigenvalue weighted by Gasteiger charge is 2.38. The van der Waals surface area contributed by atoms with Crippen molar-refractivity contribution in [1.82, 2.24) is 10.4 Å². The van der Waals surface area contributed by atoms with Crippen LogP contribution in [0.5, 0.6) is 17.2 Å². The van der Waals surface area contributed by atoms with Crippen LogP contribution >= 0.6 is 23.4 Å². The summed E-state index contributed by atoms with van der Waals surface area (Å²) in [5.41, 5.74) is 4.29. The van der Waals surface area contributed by atoms with Crippen molar-refractivity contribution in [3.8, 4) is 17.2 Å². The predicted molar refractivity (Wildman–Crippen MR) is 149 cm³/mol. The molecule has 2 aromatic rings. The molecule has 1 unspecified atom stereocenters. The van der Waals surface area contributed by atoms with Gasteiger partial charge in [0.05, 0.1) is 19.1 Å². The molecule has 3 rings (SSSR count). The van der Waals surface area contributed by atoms with Crippen molar-refractivity contribution >= 4 is 41.3 Å². The van der Waals surface area contributed by atoms with Crippen LogP contribution in [0.3, 0.4) is 0 Å². The first-order valence-corrected chi connectivity index (χ1v) is 13.9. The van der Waals surface area contributed by atoms with Crippen LogP contribution < -0.4 is 14.9 Å². The van der Waals surface area contributed by atoms with Crippen molar-refractivity contribution in [3.05, 3.63) is 57.5 Å². The van der Waals surface area contributed by atoms with Crippen LogP contribution in [0.4, 0.5) is 0 Å². The summed E-state index contributed by atoms with van der Waals surface area (Å²) >= 11 is 7.40. The Balaban J connectivity index is 1.77. The van der Waals surface area contributed by atoms with E-state index in [0.717, 1.165) is 24.8 Å². The lowest BCUT2D eigenvalue weighted by molar-refractivity contribution is -0.138. The fourth-order valence-corrected chi connectivity index (χ4v) is 5.40. The number of nitrogens with one attached hydrogen (secondary N) is 1. The number of nitrogens with zero attached hydrogens (tertiary/aromatic N) is 1. The number of hydrazine groups is 1. The first kappa shape index (κ1) is 28.7. The van der Waals surface area contributed by atoms with E-state index in [1.807, 2.05) is 12.1 Å². The van der Waals surface area contributed by atoms with Crippen LogP contribution in [0.15, 0.2) is 41.3 Å². The molecule has 0 saturated carbocycles. The minimum absolute atomic E-state index is 0.115. The van der Waals surface area contributed by atoms with Gasteiger partial charge in [0.1, 0.15) is 5.37 Å². The van der Waals surface area contributed by atoms with E-state index in [2.05, 4.69) is 12.3 Å². The van der Waals surface area contributed by atoms with Gasteiger partial charge < -0.3 is 14.6 Å². The normalized spacial score (nSPS) is 16.3. The molecule has 0 aliphatic carbocycles. The van der Waals surface area contributed by atoms with Gasteiger partial charge in [-0.25, -0.2) is 5.01 Å². The van der Waals surface area contributed by atoms with Crippen LogP contribution in [0.25, 0.3) is 6.08 Å². The van der Waals surface area contributed by atoms with Crippen molar-refractivity contribution in [2.75, 3.05) is 14.2 Å². The number of phenolic OH excluding ortho intramolecular Hbond substituents is 1. The molecule has 2 amide bonds. The molecule has 0 bridgehead atoms. The Morgan fingerprint density at radius 2 is 1.65 bits per heavy atom. The monoisotopic (exact) mass is 546 g/mol. The SMILES string of the molecule is CCCCCCCCCC(=O)NN1C(=O)/C(=C/c2cc(OC)c(O)c(OC)c2)SC1c1ccc(Cl)cc1. The summed E-state index contributed by atoms with van der Waals surface area (Å²) in [6, 6.07) is 10.5. The quantitative estimate of drug-likeness (QED) is 0.211. The maximum absolute atomic E-state index is 13.4. The molecule has 37 heavy (non-hydrogen) atoms. The predicted octanol–water partition coefficient (Wildman–Crippen LogP) is 6.85. The third-order valence-corrected chi connectivity index (χ3v) is 7.61. The average Bonchev–Trinajstić information content (AvgIpc) is 3.19. The van der Waals surface area contributed by atoms with Gasteiger partial charge in [-0.15, -0.1) is 0 Å². The van der Waals surface area contributed by atoms with Gasteiger partial charge in [0.2, 0.25) is 11.7 Å². The Kier molecular flexibility index (Phi) is 11.0. The highest BCUT2D eigenvalue weighted by atomic mass is 35.5. The maximum atomic E-state index is 13.4. The number of benzene rings is 2. The van der Waals surface area contributed by atoms with Gasteiger partial charge in [0.25, 0.3) is 5.91 Å². The fourth-order valence-electron chi connectivity index (χ4n) is 4.08. The zero-order chi connectivity index (χ0) is 26.8. The Bertz CT molecular complexity index is 1080. The number of carbonyl (C=O) groups excluding carboxylic acids is 2. The number of amides is 2. The van der Waals surface area contributed by atoms with E-state index < -0.39 is 5.37 Å². The Morgan fingerprint density at radius 3 is 2.24 bits per heavy atom. The molecule has 0 spiro atoms. The summed E-state index contributed by atoms with van der Waals surface area (Å²) < 4.78 is 10.5. The van der Waals surface area contributed by atoms with Crippen molar-refractivity contribution < 1.29 is 24.2 Å². The standard InChI is InChI=1S/C28H35ClN2O5S/c1-4-5-6-7-8-9-10-11-25(32)30-31-27(34)24(37-28(31)20-12-14-21(29)15-13-20)18-19-16-22(35-2)26(33)23(17-19)36-3/h12-18,28,33H,4-11H2,1-3H3,(H,30,32)/b24-18-. The number of hydrogen-bond donors (Lipinski definition) is 2. The molecule has 1 heterocycles. The number of aromatic hydroxyl groups is 1. The van der Waals surface area contributed by atoms with E-state index in [1.165, 1.54) is 56.7 Å². The Morgan fingerprint density at radius 1 is 1.05 bits per heavy atom. The number of phenols is 1. The second kappa shape index (κ2) is 14.2. The first-order valence-electron chi connectivity index (χ1n) is 12.6. The molecule has 1 fully saturated rings. The topological polar surface area (TPSA) is 88.1 Å². The van der Waals surface area contributed by atoms with E-state index in [9.17, 15) is 14.7 Å². The molecular weight excluding hydrogens is 512 g/mol. The highest BCUT2D eigenvalue weighted by Crippen LogP contribution is 2.46. The summed E-state index contributed by atoms with van der Waals surface area (Å²) in [5, 5.41) is 11.7. The van der Waals surface area contributed by atoms with Crippen molar-refractivity contribution in [1.29, 1.82) is 0 Å². The smallest absolute Gasteiger partial charge is 0.280 e. The number of methoxy groups -OCH3 is 2. The van der Waals surface area contributed by atoms with Crippen molar-refractivity contribution in [2.45, 2.75) is 63.7 Å². The molecule has 0 radical (unpaired) electrons.